The van der Waals surface area contributed by atoms with Crippen LogP contribution in [0.4, 0.5) is 5.69 Å². The fourth-order valence-electron chi connectivity index (χ4n) is 3.07. The molecule has 6 nitrogen and oxygen atoms in total. The Labute approximate surface area is 151 Å². The molecular formula is C18H22N2O4S. The summed E-state index contributed by atoms with van der Waals surface area (Å²) in [7, 11) is 0. The Hall–Kier alpha value is -2.02. The zero-order valence-corrected chi connectivity index (χ0v) is 14.9. The number of benzene rings is 1. The van der Waals surface area contributed by atoms with Gasteiger partial charge in [0.05, 0.1) is 17.4 Å². The van der Waals surface area contributed by atoms with E-state index in [4.69, 9.17) is 4.74 Å². The van der Waals surface area contributed by atoms with Crippen molar-refractivity contribution in [3.05, 3.63) is 24.3 Å². The molecular weight excluding hydrogens is 340 g/mol. The fourth-order valence-corrected chi connectivity index (χ4v) is 4.16. The number of amides is 2. The summed E-state index contributed by atoms with van der Waals surface area (Å²) >= 11 is 1.34. The van der Waals surface area contributed by atoms with Gasteiger partial charge in [-0.1, -0.05) is 25.0 Å². The maximum absolute atomic E-state index is 12.1. The first kappa shape index (κ1) is 17.8. The number of esters is 1. The third-order valence-electron chi connectivity index (χ3n) is 4.44. The number of ether oxygens (including phenoxy) is 1. The third-order valence-corrected chi connectivity index (χ3v) is 5.71. The molecule has 1 aromatic rings. The van der Waals surface area contributed by atoms with Crippen molar-refractivity contribution in [1.29, 1.82) is 0 Å². The fraction of sp³-hybridized carbons (Fsp3) is 0.500. The van der Waals surface area contributed by atoms with E-state index in [0.717, 1.165) is 36.3 Å². The van der Waals surface area contributed by atoms with Gasteiger partial charge < -0.3 is 15.4 Å². The quantitative estimate of drug-likeness (QED) is 0.786. The summed E-state index contributed by atoms with van der Waals surface area (Å²) < 4.78 is 5.22. The van der Waals surface area contributed by atoms with Crippen LogP contribution in [0.1, 0.15) is 39.0 Å². The van der Waals surface area contributed by atoms with Crippen LogP contribution in [0.25, 0.3) is 0 Å². The van der Waals surface area contributed by atoms with Gasteiger partial charge in [-0.3, -0.25) is 14.4 Å². The molecule has 1 aromatic carbocycles. The maximum atomic E-state index is 12.1. The Kier molecular flexibility index (Phi) is 5.63. The number of hydrogen-bond donors (Lipinski definition) is 2. The number of para-hydroxylation sites is 1. The highest BCUT2D eigenvalue weighted by atomic mass is 32.2. The lowest BCUT2D eigenvalue weighted by Crippen LogP contribution is -2.41. The standard InChI is InChI=1S/C18H22N2O4S/c1-11(17(22)19-12-6-2-3-7-12)24-16(21)10-15-18(23)20-13-8-4-5-9-14(13)25-15/h4-5,8-9,11-12,15H,2-3,6-7,10H2,1H3,(H,19,22)(H,20,23)/t11-,15-/m0/s1. The van der Waals surface area contributed by atoms with Crippen molar-refractivity contribution in [1.82, 2.24) is 5.32 Å². The van der Waals surface area contributed by atoms with Gasteiger partial charge in [0.2, 0.25) is 5.91 Å². The minimum absolute atomic E-state index is 0.0636. The van der Waals surface area contributed by atoms with Crippen LogP contribution in [0.5, 0.6) is 0 Å². The summed E-state index contributed by atoms with van der Waals surface area (Å²) in [5.74, 6) is -1.03. The van der Waals surface area contributed by atoms with Crippen LogP contribution in [0.2, 0.25) is 0 Å². The summed E-state index contributed by atoms with van der Waals surface area (Å²) in [6.45, 7) is 1.56. The second-order valence-corrected chi connectivity index (χ2v) is 7.66. The van der Waals surface area contributed by atoms with Crippen LogP contribution in [0.15, 0.2) is 29.2 Å². The van der Waals surface area contributed by atoms with E-state index in [-0.39, 0.29) is 24.3 Å². The average Bonchev–Trinajstić information content (AvgIpc) is 3.08. The summed E-state index contributed by atoms with van der Waals surface area (Å²) in [6.07, 6.45) is 3.28. The zero-order chi connectivity index (χ0) is 17.8. The summed E-state index contributed by atoms with van der Waals surface area (Å²) in [4.78, 5) is 37.3. The molecule has 1 heterocycles. The highest BCUT2D eigenvalue weighted by molar-refractivity contribution is 8.01. The van der Waals surface area contributed by atoms with Crippen LogP contribution >= 0.6 is 11.8 Å². The smallest absolute Gasteiger partial charge is 0.308 e. The molecule has 134 valence electrons. The van der Waals surface area contributed by atoms with Crippen molar-refractivity contribution in [3.8, 4) is 0 Å². The maximum Gasteiger partial charge on any atom is 0.308 e. The Morgan fingerprint density at radius 3 is 2.80 bits per heavy atom. The van der Waals surface area contributed by atoms with E-state index in [2.05, 4.69) is 10.6 Å². The van der Waals surface area contributed by atoms with Crippen LogP contribution in [-0.2, 0) is 19.1 Å². The van der Waals surface area contributed by atoms with E-state index in [1.54, 1.807) is 6.92 Å². The molecule has 0 radical (unpaired) electrons. The Balaban J connectivity index is 1.50. The van der Waals surface area contributed by atoms with Crippen molar-refractivity contribution < 1.29 is 19.1 Å². The molecule has 1 aliphatic carbocycles. The van der Waals surface area contributed by atoms with Crippen molar-refractivity contribution in [2.45, 2.75) is 61.3 Å². The predicted octanol–water partition coefficient (Wildman–Crippen LogP) is 2.48. The summed E-state index contributed by atoms with van der Waals surface area (Å²) in [5.41, 5.74) is 0.756. The lowest BCUT2D eigenvalue weighted by Gasteiger charge is -2.24. The number of hydrogen-bond acceptors (Lipinski definition) is 5. The van der Waals surface area contributed by atoms with E-state index in [9.17, 15) is 14.4 Å². The predicted molar refractivity (Wildman–Crippen MR) is 95.3 cm³/mol. The van der Waals surface area contributed by atoms with Crippen molar-refractivity contribution in [2.75, 3.05) is 5.32 Å². The molecule has 25 heavy (non-hydrogen) atoms. The van der Waals surface area contributed by atoms with Crippen LogP contribution < -0.4 is 10.6 Å². The second kappa shape index (κ2) is 7.91. The number of rotatable bonds is 5. The molecule has 1 aliphatic heterocycles. The van der Waals surface area contributed by atoms with E-state index < -0.39 is 17.3 Å². The zero-order valence-electron chi connectivity index (χ0n) is 14.1. The molecule has 2 atom stereocenters. The summed E-state index contributed by atoms with van der Waals surface area (Å²) in [5, 5.41) is 5.15. The monoisotopic (exact) mass is 362 g/mol. The van der Waals surface area contributed by atoms with E-state index in [1.807, 2.05) is 24.3 Å². The number of thioether (sulfide) groups is 1. The molecule has 3 rings (SSSR count). The van der Waals surface area contributed by atoms with Gasteiger partial charge in [0.15, 0.2) is 6.10 Å². The van der Waals surface area contributed by atoms with Crippen LogP contribution in [0.3, 0.4) is 0 Å². The van der Waals surface area contributed by atoms with Gasteiger partial charge in [0.25, 0.3) is 5.91 Å². The molecule has 1 saturated carbocycles. The first-order chi connectivity index (χ1) is 12.0. The third kappa shape index (κ3) is 4.54. The Morgan fingerprint density at radius 2 is 2.04 bits per heavy atom. The van der Waals surface area contributed by atoms with Gasteiger partial charge >= 0.3 is 5.97 Å². The number of fused-ring (bicyclic) bond motifs is 1. The van der Waals surface area contributed by atoms with Gasteiger partial charge in [-0.15, -0.1) is 11.8 Å². The molecule has 0 aromatic heterocycles. The first-order valence-corrected chi connectivity index (χ1v) is 9.47. The molecule has 0 unspecified atom stereocenters. The van der Waals surface area contributed by atoms with Gasteiger partial charge in [-0.2, -0.15) is 0 Å². The van der Waals surface area contributed by atoms with Crippen molar-refractivity contribution in [2.24, 2.45) is 0 Å². The van der Waals surface area contributed by atoms with Crippen LogP contribution in [-0.4, -0.2) is 35.2 Å². The molecule has 2 amide bonds. The molecule has 0 saturated heterocycles. The number of carbonyl (C=O) groups excluding carboxylic acids is 3. The highest BCUT2D eigenvalue weighted by Crippen LogP contribution is 2.36. The first-order valence-electron chi connectivity index (χ1n) is 8.59. The average molecular weight is 362 g/mol. The van der Waals surface area contributed by atoms with Crippen LogP contribution in [0, 0.1) is 0 Å². The molecule has 0 bridgehead atoms. The minimum atomic E-state index is -0.850. The largest absolute Gasteiger partial charge is 0.453 e. The molecule has 2 aliphatic rings. The normalized spacial score (nSPS) is 21.2. The Morgan fingerprint density at radius 1 is 1.32 bits per heavy atom. The van der Waals surface area contributed by atoms with Gasteiger partial charge in [-0.05, 0) is 31.9 Å². The van der Waals surface area contributed by atoms with Gasteiger partial charge in [0.1, 0.15) is 0 Å². The van der Waals surface area contributed by atoms with E-state index in [0.29, 0.717) is 0 Å². The SMILES string of the molecule is C[C@H](OC(=O)C[C@@H]1Sc2ccccc2NC1=O)C(=O)NC1CCCC1. The minimum Gasteiger partial charge on any atom is -0.453 e. The lowest BCUT2D eigenvalue weighted by molar-refractivity contribution is -0.155. The molecule has 7 heteroatoms. The van der Waals surface area contributed by atoms with Gasteiger partial charge in [0, 0.05) is 10.9 Å². The lowest BCUT2D eigenvalue weighted by atomic mass is 10.2. The molecule has 1 fully saturated rings. The number of carbonyl (C=O) groups is 3. The Bertz CT molecular complexity index is 673. The second-order valence-electron chi connectivity index (χ2n) is 6.42. The highest BCUT2D eigenvalue weighted by Gasteiger charge is 2.31. The topological polar surface area (TPSA) is 84.5 Å². The summed E-state index contributed by atoms with van der Waals surface area (Å²) in [6, 6.07) is 7.64. The molecule has 0 spiro atoms. The number of nitrogens with one attached hydrogen (secondary N) is 2. The molecule has 2 N–H and O–H groups in total. The van der Waals surface area contributed by atoms with Crippen molar-refractivity contribution >= 4 is 35.2 Å². The van der Waals surface area contributed by atoms with E-state index >= 15 is 0 Å². The van der Waals surface area contributed by atoms with Crippen molar-refractivity contribution in [3.63, 3.8) is 0 Å². The number of anilines is 1. The van der Waals surface area contributed by atoms with E-state index in [1.165, 1.54) is 11.8 Å². The van der Waals surface area contributed by atoms with Gasteiger partial charge in [-0.25, -0.2) is 0 Å².